The molecule has 0 spiro atoms. The van der Waals surface area contributed by atoms with E-state index >= 15 is 0 Å². The van der Waals surface area contributed by atoms with E-state index in [2.05, 4.69) is 21.2 Å². The summed E-state index contributed by atoms with van der Waals surface area (Å²) in [6.45, 7) is 4.10. The standard InChI is InChI=1S/C17H21BrFNO4/c1-10(22)20-17(14-6-12(18)4-5-15(14)19)8-13(24-11(2)23)7-16(17,3)9-21/h4-6,13,21H,7-9H2,1-3H3,(H,20,22)/t13-,16-,17+/m0/s1. The van der Waals surface area contributed by atoms with Gasteiger partial charge in [0.05, 0.1) is 12.1 Å². The predicted octanol–water partition coefficient (Wildman–Crippen LogP) is 2.64. The topological polar surface area (TPSA) is 75.6 Å². The molecule has 2 N–H and O–H groups in total. The van der Waals surface area contributed by atoms with Gasteiger partial charge in [0.1, 0.15) is 11.9 Å². The highest BCUT2D eigenvalue weighted by atomic mass is 79.9. The van der Waals surface area contributed by atoms with Crippen LogP contribution in [0.1, 0.15) is 39.2 Å². The van der Waals surface area contributed by atoms with E-state index in [-0.39, 0.29) is 24.5 Å². The average Bonchev–Trinajstić information content (AvgIpc) is 2.73. The molecule has 1 saturated carbocycles. The van der Waals surface area contributed by atoms with Gasteiger partial charge in [0, 0.05) is 35.7 Å². The molecule has 5 nitrogen and oxygen atoms in total. The van der Waals surface area contributed by atoms with Gasteiger partial charge in [-0.1, -0.05) is 22.9 Å². The maximum Gasteiger partial charge on any atom is 0.302 e. The van der Waals surface area contributed by atoms with Gasteiger partial charge in [-0.2, -0.15) is 0 Å². The van der Waals surface area contributed by atoms with Crippen LogP contribution in [0.25, 0.3) is 0 Å². The molecule has 0 aliphatic heterocycles. The predicted molar refractivity (Wildman–Crippen MR) is 89.6 cm³/mol. The Kier molecular flexibility index (Phi) is 5.34. The fourth-order valence-corrected chi connectivity index (χ4v) is 4.04. The van der Waals surface area contributed by atoms with Gasteiger partial charge in [-0.25, -0.2) is 4.39 Å². The van der Waals surface area contributed by atoms with Crippen molar-refractivity contribution in [2.75, 3.05) is 6.61 Å². The molecule has 24 heavy (non-hydrogen) atoms. The first kappa shape index (κ1) is 18.9. The van der Waals surface area contributed by atoms with Crippen molar-refractivity contribution in [2.24, 2.45) is 5.41 Å². The first-order valence-electron chi connectivity index (χ1n) is 7.66. The molecule has 1 aliphatic rings. The fourth-order valence-electron chi connectivity index (χ4n) is 3.68. The van der Waals surface area contributed by atoms with Crippen molar-refractivity contribution in [2.45, 2.75) is 45.3 Å². The van der Waals surface area contributed by atoms with E-state index in [1.807, 2.05) is 0 Å². The van der Waals surface area contributed by atoms with Crippen molar-refractivity contribution in [1.82, 2.24) is 5.32 Å². The van der Waals surface area contributed by atoms with E-state index in [1.165, 1.54) is 19.9 Å². The normalized spacial score (nSPS) is 29.3. The fraction of sp³-hybridized carbons (Fsp3) is 0.529. The van der Waals surface area contributed by atoms with Crippen molar-refractivity contribution in [3.05, 3.63) is 34.1 Å². The molecule has 0 unspecified atom stereocenters. The zero-order valence-electron chi connectivity index (χ0n) is 13.9. The van der Waals surface area contributed by atoms with Crippen LogP contribution in [0.5, 0.6) is 0 Å². The largest absolute Gasteiger partial charge is 0.462 e. The van der Waals surface area contributed by atoms with Gasteiger partial charge < -0.3 is 15.2 Å². The zero-order valence-corrected chi connectivity index (χ0v) is 15.4. The Balaban J connectivity index is 2.62. The highest BCUT2D eigenvalue weighted by Crippen LogP contribution is 2.54. The van der Waals surface area contributed by atoms with Gasteiger partial charge in [0.25, 0.3) is 0 Å². The summed E-state index contributed by atoms with van der Waals surface area (Å²) in [4.78, 5) is 23.2. The van der Waals surface area contributed by atoms with E-state index < -0.39 is 28.8 Å². The Morgan fingerprint density at radius 3 is 2.62 bits per heavy atom. The van der Waals surface area contributed by atoms with E-state index in [0.717, 1.165) is 0 Å². The number of carbonyl (C=O) groups excluding carboxylic acids is 2. The van der Waals surface area contributed by atoms with Gasteiger partial charge in [-0.05, 0) is 24.6 Å². The molecule has 3 atom stereocenters. The van der Waals surface area contributed by atoms with Crippen LogP contribution >= 0.6 is 15.9 Å². The minimum Gasteiger partial charge on any atom is -0.462 e. The summed E-state index contributed by atoms with van der Waals surface area (Å²) in [6, 6.07) is 4.46. The van der Waals surface area contributed by atoms with Crippen molar-refractivity contribution in [3.8, 4) is 0 Å². The van der Waals surface area contributed by atoms with Crippen molar-refractivity contribution in [3.63, 3.8) is 0 Å². The number of amides is 1. The number of aliphatic hydroxyl groups is 1. The molecular formula is C17H21BrFNO4. The summed E-state index contributed by atoms with van der Waals surface area (Å²) in [6.07, 6.45) is -0.0174. The number of ether oxygens (including phenoxy) is 1. The number of aliphatic hydroxyl groups excluding tert-OH is 1. The van der Waals surface area contributed by atoms with E-state index in [0.29, 0.717) is 10.9 Å². The first-order valence-corrected chi connectivity index (χ1v) is 8.45. The third-order valence-corrected chi connectivity index (χ3v) is 5.19. The Labute approximate surface area is 148 Å². The maximum absolute atomic E-state index is 14.6. The molecule has 0 heterocycles. The van der Waals surface area contributed by atoms with Gasteiger partial charge in [-0.15, -0.1) is 0 Å². The molecule has 2 rings (SSSR count). The number of carbonyl (C=O) groups is 2. The summed E-state index contributed by atoms with van der Waals surface area (Å²) in [5, 5.41) is 12.9. The Morgan fingerprint density at radius 1 is 1.42 bits per heavy atom. The smallest absolute Gasteiger partial charge is 0.302 e. The maximum atomic E-state index is 14.6. The Morgan fingerprint density at radius 2 is 2.08 bits per heavy atom. The van der Waals surface area contributed by atoms with Crippen LogP contribution in [0.4, 0.5) is 4.39 Å². The number of hydrogen-bond acceptors (Lipinski definition) is 4. The highest BCUT2D eigenvalue weighted by Gasteiger charge is 2.58. The molecule has 132 valence electrons. The quantitative estimate of drug-likeness (QED) is 0.760. The van der Waals surface area contributed by atoms with Crippen molar-refractivity contribution in [1.29, 1.82) is 0 Å². The molecule has 1 aliphatic carbocycles. The summed E-state index contributed by atoms with van der Waals surface area (Å²) in [7, 11) is 0. The minimum absolute atomic E-state index is 0.191. The van der Waals surface area contributed by atoms with Gasteiger partial charge in [0.2, 0.25) is 5.91 Å². The second kappa shape index (κ2) is 6.80. The van der Waals surface area contributed by atoms with Crippen LogP contribution in [0.2, 0.25) is 0 Å². The molecule has 1 fully saturated rings. The number of halogens is 2. The van der Waals surface area contributed by atoms with Gasteiger partial charge in [-0.3, -0.25) is 9.59 Å². The third kappa shape index (κ3) is 3.32. The number of hydrogen-bond donors (Lipinski definition) is 2. The lowest BCUT2D eigenvalue weighted by molar-refractivity contribution is -0.146. The van der Waals surface area contributed by atoms with Crippen LogP contribution in [0, 0.1) is 11.2 Å². The minimum atomic E-state index is -1.18. The molecule has 1 amide bonds. The summed E-state index contributed by atoms with van der Waals surface area (Å²) >= 11 is 3.32. The summed E-state index contributed by atoms with van der Waals surface area (Å²) in [5.41, 5.74) is -1.81. The van der Waals surface area contributed by atoms with Crippen molar-refractivity contribution < 1.29 is 23.8 Å². The van der Waals surface area contributed by atoms with Crippen LogP contribution in [-0.4, -0.2) is 29.7 Å². The lowest BCUT2D eigenvalue weighted by Gasteiger charge is -2.43. The summed E-state index contributed by atoms with van der Waals surface area (Å²) < 4.78 is 20.6. The molecule has 0 saturated heterocycles. The Bertz CT molecular complexity index is 668. The molecule has 0 bridgehead atoms. The van der Waals surface area contributed by atoms with E-state index in [9.17, 15) is 19.1 Å². The molecule has 1 aromatic carbocycles. The summed E-state index contributed by atoms with van der Waals surface area (Å²) in [5.74, 6) is -1.29. The Hall–Kier alpha value is -1.47. The van der Waals surface area contributed by atoms with Crippen molar-refractivity contribution >= 4 is 27.8 Å². The number of nitrogens with one attached hydrogen (secondary N) is 1. The molecule has 0 aromatic heterocycles. The SMILES string of the molecule is CC(=O)N[C@@]1(c2cc(Br)ccc2F)C[C@@H](OC(C)=O)C[C@@]1(C)CO. The lowest BCUT2D eigenvalue weighted by Crippen LogP contribution is -2.55. The molecule has 0 radical (unpaired) electrons. The second-order valence-corrected chi connectivity index (χ2v) is 7.48. The number of esters is 1. The van der Waals surface area contributed by atoms with E-state index in [1.54, 1.807) is 19.1 Å². The van der Waals surface area contributed by atoms with Gasteiger partial charge in [0.15, 0.2) is 0 Å². The number of benzene rings is 1. The average molecular weight is 402 g/mol. The van der Waals surface area contributed by atoms with Crippen LogP contribution < -0.4 is 5.32 Å². The zero-order chi connectivity index (χ0) is 18.1. The number of rotatable bonds is 4. The monoisotopic (exact) mass is 401 g/mol. The molecular weight excluding hydrogens is 381 g/mol. The lowest BCUT2D eigenvalue weighted by atomic mass is 9.69. The highest BCUT2D eigenvalue weighted by molar-refractivity contribution is 9.10. The first-order chi connectivity index (χ1) is 11.1. The second-order valence-electron chi connectivity index (χ2n) is 6.57. The third-order valence-electron chi connectivity index (χ3n) is 4.70. The molecule has 7 heteroatoms. The van der Waals surface area contributed by atoms with Gasteiger partial charge >= 0.3 is 5.97 Å². The van der Waals surface area contributed by atoms with Crippen LogP contribution in [-0.2, 0) is 19.9 Å². The van der Waals surface area contributed by atoms with Crippen LogP contribution in [0.3, 0.4) is 0 Å². The van der Waals surface area contributed by atoms with E-state index in [4.69, 9.17) is 4.74 Å². The molecule has 1 aromatic rings. The van der Waals surface area contributed by atoms with Crippen LogP contribution in [0.15, 0.2) is 22.7 Å².